The van der Waals surface area contributed by atoms with Crippen LogP contribution in [0.3, 0.4) is 0 Å². The molecule has 2 N–H and O–H groups in total. The summed E-state index contributed by atoms with van der Waals surface area (Å²) < 4.78 is 5.39. The van der Waals surface area contributed by atoms with Crippen LogP contribution in [0.5, 0.6) is 5.75 Å². The van der Waals surface area contributed by atoms with Gasteiger partial charge in [-0.25, -0.2) is 0 Å². The molecule has 6 heteroatoms. The molecule has 0 spiro atoms. The van der Waals surface area contributed by atoms with Crippen LogP contribution >= 0.6 is 35.7 Å². The van der Waals surface area contributed by atoms with Gasteiger partial charge in [0.1, 0.15) is 5.75 Å². The second-order valence-electron chi connectivity index (χ2n) is 6.44. The molecule has 2 rings (SSSR count). The summed E-state index contributed by atoms with van der Waals surface area (Å²) in [5, 5.41) is 0. The van der Waals surface area contributed by atoms with Gasteiger partial charge >= 0.3 is 0 Å². The summed E-state index contributed by atoms with van der Waals surface area (Å²) in [4.78, 5) is 8.01. The van der Waals surface area contributed by atoms with Crippen molar-refractivity contribution in [1.82, 2.24) is 4.90 Å². The average Bonchev–Trinajstić information content (AvgIpc) is 2.58. The number of likely N-dealkylation sites (tertiary alicyclic amines) is 1. The standard InChI is InChI=1S/C18H29N3OS.HI/c1-14-8-10-21(11-9-14)18(19)20-12-15(2)13-23-17-7-5-4-6-16(17)22-3;/h4-7,14-15H,8-13H2,1-3H3,(H2,19,20);1H. The van der Waals surface area contributed by atoms with Crippen LogP contribution in [0.1, 0.15) is 26.7 Å². The molecule has 1 saturated heterocycles. The molecule has 1 aliphatic rings. The topological polar surface area (TPSA) is 50.9 Å². The van der Waals surface area contributed by atoms with Crippen molar-refractivity contribution in [3.63, 3.8) is 0 Å². The van der Waals surface area contributed by atoms with E-state index in [0.717, 1.165) is 37.1 Å². The number of methoxy groups -OCH3 is 1. The Balaban J connectivity index is 0.00000288. The highest BCUT2D eigenvalue weighted by atomic mass is 127. The van der Waals surface area contributed by atoms with E-state index < -0.39 is 0 Å². The molecule has 24 heavy (non-hydrogen) atoms. The number of hydrogen-bond donors (Lipinski definition) is 1. The first-order valence-electron chi connectivity index (χ1n) is 8.40. The third kappa shape index (κ3) is 6.70. The largest absolute Gasteiger partial charge is 0.496 e. The van der Waals surface area contributed by atoms with Crippen LogP contribution in [0.15, 0.2) is 34.2 Å². The number of para-hydroxylation sites is 1. The molecule has 1 aromatic carbocycles. The van der Waals surface area contributed by atoms with Crippen LogP contribution in [-0.2, 0) is 0 Å². The van der Waals surface area contributed by atoms with Gasteiger partial charge in [0, 0.05) is 30.3 Å². The number of nitrogens with zero attached hydrogens (tertiary/aromatic N) is 2. The predicted octanol–water partition coefficient (Wildman–Crippen LogP) is 4.09. The molecule has 1 aliphatic heterocycles. The van der Waals surface area contributed by atoms with E-state index in [1.807, 2.05) is 30.0 Å². The summed E-state index contributed by atoms with van der Waals surface area (Å²) in [5.74, 6) is 3.96. The Hall–Kier alpha value is -0.630. The minimum absolute atomic E-state index is 0. The fourth-order valence-corrected chi connectivity index (χ4v) is 3.65. The molecular formula is C18H30IN3OS. The predicted molar refractivity (Wildman–Crippen MR) is 115 cm³/mol. The highest BCUT2D eigenvalue weighted by Gasteiger charge is 2.17. The van der Waals surface area contributed by atoms with E-state index in [-0.39, 0.29) is 24.0 Å². The molecule has 0 saturated carbocycles. The minimum Gasteiger partial charge on any atom is -0.496 e. The van der Waals surface area contributed by atoms with Crippen molar-refractivity contribution in [2.45, 2.75) is 31.6 Å². The van der Waals surface area contributed by atoms with Gasteiger partial charge in [0.2, 0.25) is 0 Å². The number of aliphatic imine (C=N–C) groups is 1. The Bertz CT molecular complexity index is 519. The number of hydrogen-bond acceptors (Lipinski definition) is 3. The Kier molecular flexibility index (Phi) is 9.88. The fourth-order valence-electron chi connectivity index (χ4n) is 2.61. The molecule has 4 nitrogen and oxygen atoms in total. The number of guanidine groups is 1. The molecule has 1 fully saturated rings. The zero-order chi connectivity index (χ0) is 16.7. The SMILES string of the molecule is COc1ccccc1SCC(C)CN=C(N)N1CCC(C)CC1.I. The highest BCUT2D eigenvalue weighted by molar-refractivity contribution is 14.0. The number of piperidine rings is 1. The van der Waals surface area contributed by atoms with Gasteiger partial charge in [0.05, 0.1) is 7.11 Å². The molecule has 0 radical (unpaired) electrons. The molecule has 1 atom stereocenters. The molecule has 0 bridgehead atoms. The van der Waals surface area contributed by atoms with Crippen molar-refractivity contribution in [2.75, 3.05) is 32.5 Å². The molecule has 0 aliphatic carbocycles. The average molecular weight is 463 g/mol. The van der Waals surface area contributed by atoms with Gasteiger partial charge in [-0.15, -0.1) is 35.7 Å². The maximum absolute atomic E-state index is 6.14. The van der Waals surface area contributed by atoms with E-state index in [1.165, 1.54) is 17.7 Å². The second kappa shape index (κ2) is 11.1. The van der Waals surface area contributed by atoms with Gasteiger partial charge in [-0.1, -0.05) is 26.0 Å². The second-order valence-corrected chi connectivity index (χ2v) is 7.50. The number of ether oxygens (including phenoxy) is 1. The van der Waals surface area contributed by atoms with Crippen molar-refractivity contribution >= 4 is 41.7 Å². The summed E-state index contributed by atoms with van der Waals surface area (Å²) >= 11 is 1.82. The summed E-state index contributed by atoms with van der Waals surface area (Å²) in [7, 11) is 1.72. The molecule has 0 amide bonds. The number of nitrogens with two attached hydrogens (primary N) is 1. The molecule has 0 aromatic heterocycles. The fraction of sp³-hybridized carbons (Fsp3) is 0.611. The van der Waals surface area contributed by atoms with Gasteiger partial charge in [0.15, 0.2) is 5.96 Å². The quantitative estimate of drug-likeness (QED) is 0.299. The first-order valence-corrected chi connectivity index (χ1v) is 9.39. The van der Waals surface area contributed by atoms with Crippen molar-refractivity contribution in [3.8, 4) is 5.75 Å². The summed E-state index contributed by atoms with van der Waals surface area (Å²) in [6.07, 6.45) is 2.44. The lowest BCUT2D eigenvalue weighted by Crippen LogP contribution is -2.42. The number of halogens is 1. The normalized spacial score (nSPS) is 17.3. The van der Waals surface area contributed by atoms with Crippen LogP contribution < -0.4 is 10.5 Å². The first-order chi connectivity index (χ1) is 11.1. The van der Waals surface area contributed by atoms with E-state index >= 15 is 0 Å². The van der Waals surface area contributed by atoms with Crippen LogP contribution in [0.2, 0.25) is 0 Å². The van der Waals surface area contributed by atoms with Crippen LogP contribution in [0, 0.1) is 11.8 Å². The molecule has 1 heterocycles. The Morgan fingerprint density at radius 1 is 1.38 bits per heavy atom. The lowest BCUT2D eigenvalue weighted by atomic mass is 10.00. The van der Waals surface area contributed by atoms with Crippen molar-refractivity contribution in [3.05, 3.63) is 24.3 Å². The van der Waals surface area contributed by atoms with Crippen molar-refractivity contribution in [2.24, 2.45) is 22.6 Å². The van der Waals surface area contributed by atoms with Crippen LogP contribution in [-0.4, -0.2) is 43.4 Å². The Labute approximate surface area is 167 Å². The number of rotatable bonds is 6. The smallest absolute Gasteiger partial charge is 0.191 e. The zero-order valence-electron chi connectivity index (χ0n) is 14.9. The lowest BCUT2D eigenvalue weighted by Gasteiger charge is -2.31. The van der Waals surface area contributed by atoms with Crippen molar-refractivity contribution < 1.29 is 4.74 Å². The number of benzene rings is 1. The maximum Gasteiger partial charge on any atom is 0.191 e. The van der Waals surface area contributed by atoms with Crippen LogP contribution in [0.25, 0.3) is 0 Å². The van der Waals surface area contributed by atoms with E-state index in [4.69, 9.17) is 10.5 Å². The summed E-state index contributed by atoms with van der Waals surface area (Å²) in [5.41, 5.74) is 6.14. The van der Waals surface area contributed by atoms with E-state index in [1.54, 1.807) is 7.11 Å². The maximum atomic E-state index is 6.14. The monoisotopic (exact) mass is 463 g/mol. The highest BCUT2D eigenvalue weighted by Crippen LogP contribution is 2.30. The van der Waals surface area contributed by atoms with Crippen LogP contribution in [0.4, 0.5) is 0 Å². The third-order valence-electron chi connectivity index (χ3n) is 4.27. The lowest BCUT2D eigenvalue weighted by molar-refractivity contribution is 0.277. The molecule has 136 valence electrons. The molecule has 1 aromatic rings. The first kappa shape index (κ1) is 21.4. The van der Waals surface area contributed by atoms with Gasteiger partial charge < -0.3 is 15.4 Å². The Morgan fingerprint density at radius 2 is 2.04 bits per heavy atom. The van der Waals surface area contributed by atoms with E-state index in [2.05, 4.69) is 29.8 Å². The number of thioether (sulfide) groups is 1. The van der Waals surface area contributed by atoms with Gasteiger partial charge in [-0.3, -0.25) is 4.99 Å². The van der Waals surface area contributed by atoms with Gasteiger partial charge in [-0.2, -0.15) is 0 Å². The minimum atomic E-state index is 0. The molecular weight excluding hydrogens is 433 g/mol. The summed E-state index contributed by atoms with van der Waals surface area (Å²) in [6.45, 7) is 7.39. The van der Waals surface area contributed by atoms with E-state index in [0.29, 0.717) is 11.9 Å². The third-order valence-corrected chi connectivity index (χ3v) is 5.65. The van der Waals surface area contributed by atoms with Gasteiger partial charge in [-0.05, 0) is 36.8 Å². The van der Waals surface area contributed by atoms with E-state index in [9.17, 15) is 0 Å². The van der Waals surface area contributed by atoms with Gasteiger partial charge in [0.25, 0.3) is 0 Å². The summed E-state index contributed by atoms with van der Waals surface area (Å²) in [6, 6.07) is 8.14. The zero-order valence-corrected chi connectivity index (χ0v) is 18.1. The Morgan fingerprint density at radius 3 is 2.71 bits per heavy atom. The molecule has 1 unspecified atom stereocenters. The van der Waals surface area contributed by atoms with Crippen molar-refractivity contribution in [1.29, 1.82) is 0 Å².